The lowest BCUT2D eigenvalue weighted by molar-refractivity contribution is 0.0698. The first-order valence-electron chi connectivity index (χ1n) is 3.85. The van der Waals surface area contributed by atoms with Crippen LogP contribution in [0.2, 0.25) is 0 Å². The standard InChI is InChI=1S/C8H8ClNO4S/c9-5-15(13,14)10-7-4-2-1-3-6(7)8(11)12/h1-4,10H,5H2,(H,11,12). The Morgan fingerprint density at radius 3 is 2.53 bits per heavy atom. The summed E-state index contributed by atoms with van der Waals surface area (Å²) in [4.78, 5) is 10.7. The number of carboxylic acid groups (broad SMARTS) is 1. The summed E-state index contributed by atoms with van der Waals surface area (Å²) in [6.07, 6.45) is 0. The molecule has 5 nitrogen and oxygen atoms in total. The van der Waals surface area contributed by atoms with Gasteiger partial charge in [0, 0.05) is 0 Å². The Hall–Kier alpha value is -1.27. The van der Waals surface area contributed by atoms with Crippen molar-refractivity contribution in [1.29, 1.82) is 0 Å². The molecule has 15 heavy (non-hydrogen) atoms. The molecule has 1 rings (SSSR count). The molecule has 1 aromatic rings. The minimum atomic E-state index is -3.68. The maximum absolute atomic E-state index is 11.1. The molecule has 1 aromatic carbocycles. The second-order valence-corrected chi connectivity index (χ2v) is 4.98. The molecule has 0 heterocycles. The normalized spacial score (nSPS) is 11.0. The number of benzene rings is 1. The van der Waals surface area contributed by atoms with E-state index in [-0.39, 0.29) is 11.3 Å². The van der Waals surface area contributed by atoms with E-state index in [4.69, 9.17) is 16.7 Å². The summed E-state index contributed by atoms with van der Waals surface area (Å²) >= 11 is 5.18. The third-order valence-corrected chi connectivity index (χ3v) is 3.25. The van der Waals surface area contributed by atoms with Crippen molar-refractivity contribution in [2.24, 2.45) is 0 Å². The van der Waals surface area contributed by atoms with E-state index in [2.05, 4.69) is 4.72 Å². The summed E-state index contributed by atoms with van der Waals surface area (Å²) in [5.41, 5.74) is -0.114. The van der Waals surface area contributed by atoms with E-state index in [1.165, 1.54) is 24.3 Å². The van der Waals surface area contributed by atoms with Gasteiger partial charge in [-0.3, -0.25) is 4.72 Å². The Bertz CT molecular complexity index is 471. The molecule has 0 bridgehead atoms. The molecule has 0 unspecified atom stereocenters. The zero-order chi connectivity index (χ0) is 11.5. The highest BCUT2D eigenvalue weighted by atomic mass is 35.5. The number of anilines is 1. The summed E-state index contributed by atoms with van der Waals surface area (Å²) in [7, 11) is -3.68. The van der Waals surface area contributed by atoms with Crippen LogP contribution in [0.15, 0.2) is 24.3 Å². The van der Waals surface area contributed by atoms with E-state index in [1.54, 1.807) is 0 Å². The number of sulfonamides is 1. The molecule has 0 atom stereocenters. The number of hydrogen-bond donors (Lipinski definition) is 2. The van der Waals surface area contributed by atoms with Crippen molar-refractivity contribution in [3.8, 4) is 0 Å². The number of halogens is 1. The zero-order valence-electron chi connectivity index (χ0n) is 7.47. The maximum Gasteiger partial charge on any atom is 0.337 e. The lowest BCUT2D eigenvalue weighted by Crippen LogP contribution is -2.15. The van der Waals surface area contributed by atoms with Gasteiger partial charge in [-0.25, -0.2) is 13.2 Å². The minimum Gasteiger partial charge on any atom is -0.478 e. The zero-order valence-corrected chi connectivity index (χ0v) is 9.05. The van der Waals surface area contributed by atoms with Crippen molar-refractivity contribution in [3.05, 3.63) is 29.8 Å². The lowest BCUT2D eigenvalue weighted by atomic mass is 10.2. The largest absolute Gasteiger partial charge is 0.478 e. The molecule has 0 spiro atoms. The number of rotatable bonds is 4. The van der Waals surface area contributed by atoms with Crippen molar-refractivity contribution >= 4 is 33.3 Å². The fourth-order valence-electron chi connectivity index (χ4n) is 0.953. The van der Waals surface area contributed by atoms with E-state index in [0.717, 1.165) is 0 Å². The van der Waals surface area contributed by atoms with E-state index in [1.807, 2.05) is 0 Å². The van der Waals surface area contributed by atoms with Crippen LogP contribution >= 0.6 is 11.6 Å². The second-order valence-electron chi connectivity index (χ2n) is 2.68. The van der Waals surface area contributed by atoms with Gasteiger partial charge in [0.15, 0.2) is 0 Å². The van der Waals surface area contributed by atoms with Gasteiger partial charge in [0.1, 0.15) is 5.21 Å². The first kappa shape index (κ1) is 11.8. The van der Waals surface area contributed by atoms with Crippen LogP contribution in [0.25, 0.3) is 0 Å². The van der Waals surface area contributed by atoms with E-state index in [9.17, 15) is 13.2 Å². The lowest BCUT2D eigenvalue weighted by Gasteiger charge is -2.07. The van der Waals surface area contributed by atoms with Crippen LogP contribution in [-0.2, 0) is 10.0 Å². The number of hydrogen-bond acceptors (Lipinski definition) is 3. The molecular weight excluding hydrogens is 242 g/mol. The average Bonchev–Trinajstić information content (AvgIpc) is 2.18. The van der Waals surface area contributed by atoms with Gasteiger partial charge in [-0.1, -0.05) is 12.1 Å². The van der Waals surface area contributed by atoms with Gasteiger partial charge in [-0.2, -0.15) is 0 Å². The Kier molecular flexibility index (Phi) is 3.54. The topological polar surface area (TPSA) is 83.5 Å². The molecular formula is C8H8ClNO4S. The molecule has 0 aromatic heterocycles. The highest BCUT2D eigenvalue weighted by Gasteiger charge is 2.14. The maximum atomic E-state index is 11.1. The SMILES string of the molecule is O=C(O)c1ccccc1NS(=O)(=O)CCl. The van der Waals surface area contributed by atoms with Gasteiger partial charge >= 0.3 is 5.97 Å². The fourth-order valence-corrected chi connectivity index (χ4v) is 1.68. The molecule has 0 amide bonds. The van der Waals surface area contributed by atoms with Crippen molar-refractivity contribution in [3.63, 3.8) is 0 Å². The van der Waals surface area contributed by atoms with Gasteiger partial charge in [0.2, 0.25) is 10.0 Å². The summed E-state index contributed by atoms with van der Waals surface area (Å²) in [5.74, 6) is -1.21. The Balaban J connectivity index is 3.10. The minimum absolute atomic E-state index is 0.00523. The van der Waals surface area contributed by atoms with Crippen LogP contribution in [0.4, 0.5) is 5.69 Å². The molecule has 0 aliphatic carbocycles. The van der Waals surface area contributed by atoms with Crippen LogP contribution in [0, 0.1) is 0 Å². The number of carboxylic acids is 1. The molecule has 2 N–H and O–H groups in total. The van der Waals surface area contributed by atoms with Crippen molar-refractivity contribution in [2.75, 3.05) is 9.93 Å². The first-order chi connectivity index (χ1) is 6.96. The highest BCUT2D eigenvalue weighted by Crippen LogP contribution is 2.16. The third-order valence-electron chi connectivity index (χ3n) is 1.57. The fraction of sp³-hybridized carbons (Fsp3) is 0.125. The smallest absolute Gasteiger partial charge is 0.337 e. The summed E-state index contributed by atoms with van der Waals surface area (Å²) in [5, 5.41) is 8.14. The first-order valence-corrected chi connectivity index (χ1v) is 6.04. The molecule has 0 radical (unpaired) electrons. The number of nitrogens with one attached hydrogen (secondary N) is 1. The molecule has 0 saturated heterocycles. The summed E-state index contributed by atoms with van der Waals surface area (Å²) < 4.78 is 24.3. The number of aromatic carboxylic acids is 1. The van der Waals surface area contributed by atoms with E-state index >= 15 is 0 Å². The van der Waals surface area contributed by atoms with Gasteiger partial charge in [0.05, 0.1) is 11.3 Å². The Labute approximate surface area is 91.7 Å². The van der Waals surface area contributed by atoms with Crippen LogP contribution in [0.3, 0.4) is 0 Å². The Morgan fingerprint density at radius 1 is 1.40 bits per heavy atom. The van der Waals surface area contributed by atoms with Crippen LogP contribution < -0.4 is 4.72 Å². The van der Waals surface area contributed by atoms with E-state index in [0.29, 0.717) is 0 Å². The Morgan fingerprint density at radius 2 is 2.00 bits per heavy atom. The molecule has 0 fully saturated rings. The monoisotopic (exact) mass is 249 g/mol. The van der Waals surface area contributed by atoms with Crippen LogP contribution in [-0.4, -0.2) is 24.7 Å². The molecule has 0 saturated carbocycles. The van der Waals surface area contributed by atoms with E-state index < -0.39 is 21.2 Å². The highest BCUT2D eigenvalue weighted by molar-refractivity contribution is 7.93. The van der Waals surface area contributed by atoms with Gasteiger partial charge < -0.3 is 5.11 Å². The summed E-state index contributed by atoms with van der Waals surface area (Å²) in [6, 6.07) is 5.68. The molecule has 7 heteroatoms. The van der Waals surface area contributed by atoms with Gasteiger partial charge in [-0.05, 0) is 12.1 Å². The number of carbonyl (C=O) groups is 1. The molecule has 82 valence electrons. The molecule has 0 aliphatic heterocycles. The van der Waals surface area contributed by atoms with Gasteiger partial charge in [-0.15, -0.1) is 11.6 Å². The summed E-state index contributed by atoms with van der Waals surface area (Å²) in [6.45, 7) is 0. The predicted octanol–water partition coefficient (Wildman–Crippen LogP) is 1.32. The van der Waals surface area contributed by atoms with Crippen LogP contribution in [0.1, 0.15) is 10.4 Å². The second kappa shape index (κ2) is 4.50. The average molecular weight is 250 g/mol. The quantitative estimate of drug-likeness (QED) is 0.789. The number of alkyl halides is 1. The van der Waals surface area contributed by atoms with Crippen molar-refractivity contribution in [2.45, 2.75) is 0 Å². The molecule has 0 aliphatic rings. The number of para-hydroxylation sites is 1. The predicted molar refractivity (Wildman–Crippen MR) is 56.7 cm³/mol. The third kappa shape index (κ3) is 3.10. The van der Waals surface area contributed by atoms with Crippen molar-refractivity contribution < 1.29 is 18.3 Å². The van der Waals surface area contributed by atoms with Crippen molar-refractivity contribution in [1.82, 2.24) is 0 Å². The van der Waals surface area contributed by atoms with Gasteiger partial charge in [0.25, 0.3) is 0 Å². The van der Waals surface area contributed by atoms with Crippen LogP contribution in [0.5, 0.6) is 0 Å².